The van der Waals surface area contributed by atoms with Gasteiger partial charge in [0.1, 0.15) is 0 Å². The summed E-state index contributed by atoms with van der Waals surface area (Å²) >= 11 is 0. The first-order chi connectivity index (χ1) is 14.4. The number of amides is 1. The number of ether oxygens (including phenoxy) is 1. The number of anilines is 1. The summed E-state index contributed by atoms with van der Waals surface area (Å²) < 4.78 is 12.3. The molecule has 0 atom stereocenters. The monoisotopic (exact) mass is 408 g/mol. The van der Waals surface area contributed by atoms with Crippen molar-refractivity contribution in [3.05, 3.63) is 77.0 Å². The minimum Gasteiger partial charge on any atom is -0.459 e. The van der Waals surface area contributed by atoms with Crippen molar-refractivity contribution < 1.29 is 23.5 Å². The van der Waals surface area contributed by atoms with E-state index < -0.39 is 5.97 Å². The van der Waals surface area contributed by atoms with Gasteiger partial charge in [0.25, 0.3) is 5.91 Å². The van der Waals surface area contributed by atoms with Crippen LogP contribution in [0.5, 0.6) is 0 Å². The Bertz CT molecular complexity index is 1050. The third-order valence-corrected chi connectivity index (χ3v) is 4.78. The minimum absolute atomic E-state index is 0.190. The fourth-order valence-corrected chi connectivity index (χ4v) is 3.23. The van der Waals surface area contributed by atoms with Crippen molar-refractivity contribution in [1.82, 2.24) is 4.57 Å². The number of hydrogen-bond acceptors (Lipinski definition) is 5. The molecule has 1 aromatic carbocycles. The molecule has 2 aromatic heterocycles. The molecule has 2 heterocycles. The molecule has 0 fully saturated rings. The summed E-state index contributed by atoms with van der Waals surface area (Å²) in [5, 5.41) is 2.67. The lowest BCUT2D eigenvalue weighted by Gasteiger charge is -2.08. The number of esters is 1. The molecule has 0 aliphatic rings. The van der Waals surface area contributed by atoms with E-state index in [1.807, 2.05) is 19.9 Å². The first-order valence-corrected chi connectivity index (χ1v) is 9.72. The molecule has 3 rings (SSSR count). The zero-order chi connectivity index (χ0) is 21.7. The molecule has 7 nitrogen and oxygen atoms in total. The van der Waals surface area contributed by atoms with Crippen LogP contribution in [0.4, 0.5) is 5.69 Å². The molecular formula is C23H24N2O5. The molecule has 1 N–H and O–H groups in total. The number of benzene rings is 1. The number of nitrogens with one attached hydrogen (secondary N) is 1. The average molecular weight is 408 g/mol. The van der Waals surface area contributed by atoms with Crippen LogP contribution in [-0.2, 0) is 11.3 Å². The van der Waals surface area contributed by atoms with E-state index in [2.05, 4.69) is 16.8 Å². The van der Waals surface area contributed by atoms with Gasteiger partial charge in [-0.3, -0.25) is 9.59 Å². The van der Waals surface area contributed by atoms with E-state index in [-0.39, 0.29) is 29.6 Å². The zero-order valence-electron chi connectivity index (χ0n) is 17.2. The second-order valence-corrected chi connectivity index (χ2v) is 6.94. The number of rotatable bonds is 8. The topological polar surface area (TPSA) is 90.5 Å². The fourth-order valence-electron chi connectivity index (χ4n) is 3.23. The molecule has 0 saturated carbocycles. The van der Waals surface area contributed by atoms with Crippen LogP contribution in [0.25, 0.3) is 0 Å². The van der Waals surface area contributed by atoms with E-state index in [0.717, 1.165) is 24.4 Å². The molecule has 3 aromatic rings. The third-order valence-electron chi connectivity index (χ3n) is 4.78. The Hall–Kier alpha value is -3.61. The first kappa shape index (κ1) is 21.1. The number of furan rings is 1. The van der Waals surface area contributed by atoms with E-state index in [9.17, 15) is 14.4 Å². The van der Waals surface area contributed by atoms with E-state index in [1.165, 1.54) is 18.4 Å². The van der Waals surface area contributed by atoms with Gasteiger partial charge in [-0.25, -0.2) is 4.79 Å². The fraction of sp³-hybridized carbons (Fsp3) is 0.261. The van der Waals surface area contributed by atoms with Gasteiger partial charge in [0, 0.05) is 29.2 Å². The lowest BCUT2D eigenvalue weighted by molar-refractivity contribution is 0.0474. The van der Waals surface area contributed by atoms with Gasteiger partial charge in [0.15, 0.2) is 12.4 Å². The Morgan fingerprint density at radius 1 is 1.10 bits per heavy atom. The van der Waals surface area contributed by atoms with E-state index >= 15 is 0 Å². The van der Waals surface area contributed by atoms with Crippen molar-refractivity contribution in [2.45, 2.75) is 33.7 Å². The summed E-state index contributed by atoms with van der Waals surface area (Å²) in [7, 11) is 0. The van der Waals surface area contributed by atoms with Gasteiger partial charge in [-0.05, 0) is 62.7 Å². The molecular weight excluding hydrogens is 384 g/mol. The smallest absolute Gasteiger partial charge is 0.338 e. The van der Waals surface area contributed by atoms with Crippen LogP contribution in [0.2, 0.25) is 0 Å². The quantitative estimate of drug-likeness (QED) is 0.441. The number of ketones is 1. The summed E-state index contributed by atoms with van der Waals surface area (Å²) in [6.45, 7) is 6.45. The molecule has 0 aliphatic carbocycles. The predicted octanol–water partition coefficient (Wildman–Crippen LogP) is 4.40. The number of hydrogen-bond donors (Lipinski definition) is 1. The maximum absolute atomic E-state index is 12.5. The molecule has 0 bridgehead atoms. The van der Waals surface area contributed by atoms with E-state index in [1.54, 1.807) is 24.3 Å². The van der Waals surface area contributed by atoms with Crippen molar-refractivity contribution in [3.63, 3.8) is 0 Å². The van der Waals surface area contributed by atoms with Crippen LogP contribution >= 0.6 is 0 Å². The molecule has 1 amide bonds. The van der Waals surface area contributed by atoms with Crippen LogP contribution in [0.3, 0.4) is 0 Å². The van der Waals surface area contributed by atoms with Crippen molar-refractivity contribution in [1.29, 1.82) is 0 Å². The number of aromatic nitrogens is 1. The summed E-state index contributed by atoms with van der Waals surface area (Å²) in [6.07, 6.45) is 2.38. The van der Waals surface area contributed by atoms with Gasteiger partial charge in [-0.15, -0.1) is 0 Å². The SMILES string of the molecule is CCCn1c(C)cc(C(=O)COC(=O)c2ccc(NC(=O)c3ccco3)cc2)c1C. The Morgan fingerprint density at radius 3 is 2.47 bits per heavy atom. The second kappa shape index (κ2) is 9.26. The van der Waals surface area contributed by atoms with Gasteiger partial charge in [-0.2, -0.15) is 0 Å². The molecule has 0 unspecified atom stereocenters. The standard InChI is InChI=1S/C23H24N2O5/c1-4-11-25-15(2)13-19(16(25)3)20(26)14-30-23(28)17-7-9-18(10-8-17)24-22(27)21-6-5-12-29-21/h5-10,12-13H,4,11,14H2,1-3H3,(H,24,27). The van der Waals surface area contributed by atoms with E-state index in [4.69, 9.17) is 9.15 Å². The Kier molecular flexibility index (Phi) is 6.51. The highest BCUT2D eigenvalue weighted by atomic mass is 16.5. The van der Waals surface area contributed by atoms with Crippen LogP contribution in [0.15, 0.2) is 53.1 Å². The molecule has 156 valence electrons. The van der Waals surface area contributed by atoms with Crippen LogP contribution in [0, 0.1) is 13.8 Å². The minimum atomic E-state index is -0.602. The largest absolute Gasteiger partial charge is 0.459 e. The van der Waals surface area contributed by atoms with Crippen LogP contribution < -0.4 is 5.32 Å². The first-order valence-electron chi connectivity index (χ1n) is 9.72. The Balaban J connectivity index is 1.58. The van der Waals surface area contributed by atoms with Gasteiger partial charge < -0.3 is 19.0 Å². The maximum atomic E-state index is 12.5. The summed E-state index contributed by atoms with van der Waals surface area (Å²) in [5.74, 6) is -1.03. The molecule has 0 spiro atoms. The van der Waals surface area contributed by atoms with Gasteiger partial charge in [0.05, 0.1) is 11.8 Å². The van der Waals surface area contributed by atoms with Gasteiger partial charge in [0.2, 0.25) is 5.78 Å². The Morgan fingerprint density at radius 2 is 1.83 bits per heavy atom. The molecule has 0 aliphatic heterocycles. The number of aryl methyl sites for hydroxylation is 1. The van der Waals surface area contributed by atoms with Crippen LogP contribution in [0.1, 0.15) is 56.0 Å². The number of nitrogens with zero attached hydrogens (tertiary/aromatic N) is 1. The normalized spacial score (nSPS) is 10.6. The van der Waals surface area contributed by atoms with Crippen molar-refractivity contribution in [2.24, 2.45) is 0 Å². The van der Waals surface area contributed by atoms with Crippen molar-refractivity contribution in [2.75, 3.05) is 11.9 Å². The third kappa shape index (κ3) is 4.68. The zero-order valence-corrected chi connectivity index (χ0v) is 17.2. The highest BCUT2D eigenvalue weighted by molar-refractivity contribution is 6.03. The van der Waals surface area contributed by atoms with Gasteiger partial charge >= 0.3 is 5.97 Å². The molecule has 30 heavy (non-hydrogen) atoms. The lowest BCUT2D eigenvalue weighted by atomic mass is 10.1. The summed E-state index contributed by atoms with van der Waals surface area (Å²) in [5.41, 5.74) is 3.26. The average Bonchev–Trinajstić information content (AvgIpc) is 3.37. The van der Waals surface area contributed by atoms with Crippen molar-refractivity contribution in [3.8, 4) is 0 Å². The highest BCUT2D eigenvalue weighted by Crippen LogP contribution is 2.17. The number of carbonyl (C=O) groups is 3. The lowest BCUT2D eigenvalue weighted by Crippen LogP contribution is -2.15. The molecule has 7 heteroatoms. The molecule has 0 radical (unpaired) electrons. The molecule has 0 saturated heterocycles. The van der Waals surface area contributed by atoms with Crippen LogP contribution in [-0.4, -0.2) is 28.8 Å². The van der Waals surface area contributed by atoms with Gasteiger partial charge in [-0.1, -0.05) is 6.92 Å². The summed E-state index contributed by atoms with van der Waals surface area (Å²) in [4.78, 5) is 36.8. The van der Waals surface area contributed by atoms with Crippen molar-refractivity contribution >= 4 is 23.3 Å². The number of Topliss-reactive ketones (excluding diaryl/α,β-unsaturated/α-hetero) is 1. The number of carbonyl (C=O) groups excluding carboxylic acids is 3. The highest BCUT2D eigenvalue weighted by Gasteiger charge is 2.18. The maximum Gasteiger partial charge on any atom is 0.338 e. The Labute approximate surface area is 174 Å². The van der Waals surface area contributed by atoms with E-state index in [0.29, 0.717) is 11.3 Å². The predicted molar refractivity (Wildman–Crippen MR) is 112 cm³/mol. The summed E-state index contributed by atoms with van der Waals surface area (Å²) in [6, 6.07) is 11.2. The second-order valence-electron chi connectivity index (χ2n) is 6.94.